The first-order valence-corrected chi connectivity index (χ1v) is 4.86. The fraction of sp³-hybridized carbons (Fsp3) is 0.455. The summed E-state index contributed by atoms with van der Waals surface area (Å²) in [6, 6.07) is 1.79. The van der Waals surface area contributed by atoms with E-state index in [0.717, 1.165) is 12.1 Å². The number of halogens is 3. The van der Waals surface area contributed by atoms with E-state index in [2.05, 4.69) is 0 Å². The van der Waals surface area contributed by atoms with E-state index in [1.54, 1.807) is 0 Å². The fourth-order valence-corrected chi connectivity index (χ4v) is 1.74. The Balaban J connectivity index is 2.59. The van der Waals surface area contributed by atoms with Gasteiger partial charge in [0.05, 0.1) is 18.3 Å². The molecule has 1 fully saturated rings. The van der Waals surface area contributed by atoms with Crippen molar-refractivity contribution in [3.05, 3.63) is 29.1 Å². The van der Waals surface area contributed by atoms with E-state index in [-0.39, 0.29) is 11.3 Å². The average Bonchev–Trinajstić information content (AvgIpc) is 2.96. The predicted molar refractivity (Wildman–Crippen MR) is 51.0 cm³/mol. The average molecular weight is 232 g/mol. The van der Waals surface area contributed by atoms with Gasteiger partial charge in [0.25, 0.3) is 6.43 Å². The molecular weight excluding hydrogens is 221 g/mol. The lowest BCUT2D eigenvalue weighted by Gasteiger charge is -2.17. The maximum Gasteiger partial charge on any atom is 0.267 e. The molecule has 0 aliphatic heterocycles. The van der Waals surface area contributed by atoms with Crippen molar-refractivity contribution in [3.63, 3.8) is 0 Å². The lowest BCUT2D eigenvalue weighted by Crippen LogP contribution is -2.09. The van der Waals surface area contributed by atoms with E-state index in [1.807, 2.05) is 0 Å². The van der Waals surface area contributed by atoms with E-state index in [0.29, 0.717) is 12.8 Å². The lowest BCUT2D eigenvalue weighted by molar-refractivity contribution is 0.135. The number of benzene rings is 1. The standard InChI is InChI=1S/C11H11F3O2/c1-16-9-7(10(13)14)4-6(12)5-8(9)11(15)2-3-11/h4-5,10,15H,2-3H2,1H3. The third-order valence-corrected chi connectivity index (χ3v) is 2.75. The molecule has 0 radical (unpaired) electrons. The second-order valence-electron chi connectivity index (χ2n) is 3.91. The number of alkyl halides is 2. The highest BCUT2D eigenvalue weighted by Gasteiger charge is 2.45. The summed E-state index contributed by atoms with van der Waals surface area (Å²) >= 11 is 0. The first-order chi connectivity index (χ1) is 7.48. The largest absolute Gasteiger partial charge is 0.496 e. The number of hydrogen-bond donors (Lipinski definition) is 1. The van der Waals surface area contributed by atoms with Crippen LogP contribution in [0, 0.1) is 5.82 Å². The Morgan fingerprint density at radius 2 is 2.00 bits per heavy atom. The smallest absolute Gasteiger partial charge is 0.267 e. The minimum atomic E-state index is -2.83. The first kappa shape index (κ1) is 11.3. The van der Waals surface area contributed by atoms with Crippen molar-refractivity contribution < 1.29 is 23.0 Å². The van der Waals surface area contributed by atoms with Crippen molar-refractivity contribution in [1.29, 1.82) is 0 Å². The second-order valence-corrected chi connectivity index (χ2v) is 3.91. The monoisotopic (exact) mass is 232 g/mol. The van der Waals surface area contributed by atoms with Gasteiger partial charge in [-0.2, -0.15) is 0 Å². The van der Waals surface area contributed by atoms with Crippen LogP contribution in [0.3, 0.4) is 0 Å². The summed E-state index contributed by atoms with van der Waals surface area (Å²) in [7, 11) is 1.23. The Bertz CT molecular complexity index is 414. The van der Waals surface area contributed by atoms with Crippen molar-refractivity contribution in [2.24, 2.45) is 0 Å². The molecule has 0 unspecified atom stereocenters. The Labute approximate surface area is 90.7 Å². The SMILES string of the molecule is COc1c(C(F)F)cc(F)cc1C1(O)CC1. The van der Waals surface area contributed by atoms with Gasteiger partial charge in [0.1, 0.15) is 11.6 Å². The minimum Gasteiger partial charge on any atom is -0.496 e. The van der Waals surface area contributed by atoms with E-state index < -0.39 is 23.4 Å². The van der Waals surface area contributed by atoms with Crippen LogP contribution in [-0.2, 0) is 5.60 Å². The van der Waals surface area contributed by atoms with E-state index in [4.69, 9.17) is 4.74 Å². The fourth-order valence-electron chi connectivity index (χ4n) is 1.74. The van der Waals surface area contributed by atoms with Gasteiger partial charge in [0.2, 0.25) is 0 Å². The van der Waals surface area contributed by atoms with Crippen LogP contribution in [0.25, 0.3) is 0 Å². The van der Waals surface area contributed by atoms with Gasteiger partial charge in [-0.1, -0.05) is 0 Å². The van der Waals surface area contributed by atoms with Crippen LogP contribution in [0.1, 0.15) is 30.4 Å². The number of methoxy groups -OCH3 is 1. The highest BCUT2D eigenvalue weighted by molar-refractivity contribution is 5.47. The molecule has 0 atom stereocenters. The molecule has 5 heteroatoms. The molecule has 16 heavy (non-hydrogen) atoms. The van der Waals surface area contributed by atoms with Gasteiger partial charge in [-0.3, -0.25) is 0 Å². The zero-order valence-corrected chi connectivity index (χ0v) is 8.64. The van der Waals surface area contributed by atoms with Crippen molar-refractivity contribution in [3.8, 4) is 5.75 Å². The Morgan fingerprint density at radius 1 is 1.38 bits per heavy atom. The Kier molecular flexibility index (Phi) is 2.58. The van der Waals surface area contributed by atoms with E-state index in [9.17, 15) is 18.3 Å². The van der Waals surface area contributed by atoms with Crippen LogP contribution in [0.2, 0.25) is 0 Å². The number of ether oxygens (including phenoxy) is 1. The second kappa shape index (κ2) is 3.66. The summed E-state index contributed by atoms with van der Waals surface area (Å²) in [5, 5.41) is 9.85. The number of rotatable bonds is 3. The number of hydrogen-bond acceptors (Lipinski definition) is 2. The molecule has 0 saturated heterocycles. The molecule has 1 aliphatic carbocycles. The van der Waals surface area contributed by atoms with Crippen LogP contribution in [0.5, 0.6) is 5.75 Å². The van der Waals surface area contributed by atoms with Crippen molar-refractivity contribution in [2.45, 2.75) is 24.9 Å². The van der Waals surface area contributed by atoms with E-state index >= 15 is 0 Å². The predicted octanol–water partition coefficient (Wildman–Crippen LogP) is 2.75. The maximum absolute atomic E-state index is 13.2. The molecule has 1 saturated carbocycles. The minimum absolute atomic E-state index is 0.114. The topological polar surface area (TPSA) is 29.5 Å². The van der Waals surface area contributed by atoms with Crippen LogP contribution < -0.4 is 4.74 Å². The molecule has 0 aromatic heterocycles. The highest BCUT2D eigenvalue weighted by Crippen LogP contribution is 2.50. The summed E-state index contributed by atoms with van der Waals surface area (Å²) in [6.07, 6.45) is -1.95. The molecule has 0 bridgehead atoms. The molecule has 0 spiro atoms. The quantitative estimate of drug-likeness (QED) is 0.868. The highest BCUT2D eigenvalue weighted by atomic mass is 19.3. The Hall–Kier alpha value is -1.23. The normalized spacial score (nSPS) is 17.6. The molecule has 2 nitrogen and oxygen atoms in total. The molecule has 1 N–H and O–H groups in total. The summed E-state index contributed by atoms with van der Waals surface area (Å²) in [6.45, 7) is 0. The van der Waals surface area contributed by atoms with Crippen LogP contribution in [0.4, 0.5) is 13.2 Å². The molecular formula is C11H11F3O2. The third-order valence-electron chi connectivity index (χ3n) is 2.75. The number of aliphatic hydroxyl groups is 1. The zero-order valence-electron chi connectivity index (χ0n) is 8.64. The molecule has 88 valence electrons. The van der Waals surface area contributed by atoms with Crippen molar-refractivity contribution in [2.75, 3.05) is 7.11 Å². The Morgan fingerprint density at radius 3 is 2.44 bits per heavy atom. The first-order valence-electron chi connectivity index (χ1n) is 4.86. The van der Waals surface area contributed by atoms with Crippen molar-refractivity contribution in [1.82, 2.24) is 0 Å². The van der Waals surface area contributed by atoms with Crippen LogP contribution in [-0.4, -0.2) is 12.2 Å². The van der Waals surface area contributed by atoms with Crippen LogP contribution >= 0.6 is 0 Å². The molecule has 0 amide bonds. The van der Waals surface area contributed by atoms with Gasteiger partial charge in [0.15, 0.2) is 0 Å². The summed E-state index contributed by atoms with van der Waals surface area (Å²) in [5.41, 5.74) is -1.60. The molecule has 1 aromatic carbocycles. The zero-order chi connectivity index (χ0) is 11.9. The molecule has 1 aromatic rings. The molecule has 0 heterocycles. The van der Waals surface area contributed by atoms with Gasteiger partial charge >= 0.3 is 0 Å². The van der Waals surface area contributed by atoms with Gasteiger partial charge in [-0.05, 0) is 25.0 Å². The van der Waals surface area contributed by atoms with Gasteiger partial charge < -0.3 is 9.84 Å². The third kappa shape index (κ3) is 1.75. The van der Waals surface area contributed by atoms with Crippen LogP contribution in [0.15, 0.2) is 12.1 Å². The van der Waals surface area contributed by atoms with Gasteiger partial charge in [-0.25, -0.2) is 13.2 Å². The molecule has 2 rings (SSSR count). The van der Waals surface area contributed by atoms with Gasteiger partial charge in [0, 0.05) is 5.56 Å². The lowest BCUT2D eigenvalue weighted by atomic mass is 10.0. The van der Waals surface area contributed by atoms with E-state index in [1.165, 1.54) is 7.11 Å². The van der Waals surface area contributed by atoms with Crippen molar-refractivity contribution >= 4 is 0 Å². The molecule has 1 aliphatic rings. The summed E-state index contributed by atoms with van der Waals surface area (Å²) in [5.74, 6) is -0.900. The summed E-state index contributed by atoms with van der Waals surface area (Å²) in [4.78, 5) is 0. The summed E-state index contributed by atoms with van der Waals surface area (Å²) < 4.78 is 43.3. The maximum atomic E-state index is 13.2. The van der Waals surface area contributed by atoms with Gasteiger partial charge in [-0.15, -0.1) is 0 Å².